The first-order valence-electron chi connectivity index (χ1n) is 6.48. The maximum absolute atomic E-state index is 11.9. The lowest BCUT2D eigenvalue weighted by molar-refractivity contribution is -0.135. The van der Waals surface area contributed by atoms with Gasteiger partial charge in [-0.1, -0.05) is 6.92 Å². The molecule has 0 bridgehead atoms. The first-order valence-corrected chi connectivity index (χ1v) is 6.48. The average Bonchev–Trinajstić information content (AvgIpc) is 2.27. The SMILES string of the molecule is CC1CCN(C(=O)NCCCCC(F)(F)F)CC1. The molecule has 18 heavy (non-hydrogen) atoms. The predicted molar refractivity (Wildman–Crippen MR) is 63.3 cm³/mol. The van der Waals surface area contributed by atoms with Gasteiger partial charge in [0.1, 0.15) is 0 Å². The average molecular weight is 266 g/mol. The number of nitrogens with zero attached hydrogens (tertiary/aromatic N) is 1. The summed E-state index contributed by atoms with van der Waals surface area (Å²) in [6.45, 7) is 3.97. The number of hydrogen-bond donors (Lipinski definition) is 1. The minimum absolute atomic E-state index is 0.0703. The predicted octanol–water partition coefficient (Wildman–Crippen LogP) is 3.16. The van der Waals surface area contributed by atoms with E-state index in [1.54, 1.807) is 4.90 Å². The Labute approximate surface area is 106 Å². The van der Waals surface area contributed by atoms with E-state index in [-0.39, 0.29) is 12.5 Å². The Bertz CT molecular complexity index is 261. The molecule has 0 atom stereocenters. The number of nitrogens with one attached hydrogen (secondary N) is 1. The maximum Gasteiger partial charge on any atom is 0.389 e. The van der Waals surface area contributed by atoms with Crippen LogP contribution in [0.3, 0.4) is 0 Å². The van der Waals surface area contributed by atoms with Crippen LogP contribution in [-0.2, 0) is 0 Å². The Morgan fingerprint density at radius 2 is 1.89 bits per heavy atom. The van der Waals surface area contributed by atoms with E-state index >= 15 is 0 Å². The Hall–Kier alpha value is -0.940. The first-order chi connectivity index (χ1) is 8.38. The molecular weight excluding hydrogens is 245 g/mol. The highest BCUT2D eigenvalue weighted by atomic mass is 19.4. The molecule has 1 aliphatic heterocycles. The van der Waals surface area contributed by atoms with E-state index in [0.717, 1.165) is 25.9 Å². The number of alkyl halides is 3. The van der Waals surface area contributed by atoms with Crippen LogP contribution in [0.1, 0.15) is 39.0 Å². The fourth-order valence-electron chi connectivity index (χ4n) is 1.97. The van der Waals surface area contributed by atoms with Crippen LogP contribution in [0.15, 0.2) is 0 Å². The normalized spacial score (nSPS) is 17.9. The van der Waals surface area contributed by atoms with E-state index < -0.39 is 12.6 Å². The zero-order valence-electron chi connectivity index (χ0n) is 10.7. The molecule has 1 saturated heterocycles. The van der Waals surface area contributed by atoms with E-state index in [9.17, 15) is 18.0 Å². The largest absolute Gasteiger partial charge is 0.389 e. The molecule has 0 radical (unpaired) electrons. The van der Waals surface area contributed by atoms with Crippen molar-refractivity contribution in [2.45, 2.75) is 45.2 Å². The van der Waals surface area contributed by atoms with E-state index in [4.69, 9.17) is 0 Å². The lowest BCUT2D eigenvalue weighted by atomic mass is 10.00. The van der Waals surface area contributed by atoms with Crippen LogP contribution in [0.25, 0.3) is 0 Å². The van der Waals surface area contributed by atoms with Gasteiger partial charge in [0.15, 0.2) is 0 Å². The van der Waals surface area contributed by atoms with Crippen molar-refractivity contribution in [3.8, 4) is 0 Å². The zero-order valence-corrected chi connectivity index (χ0v) is 10.7. The topological polar surface area (TPSA) is 32.3 Å². The van der Waals surface area contributed by atoms with Gasteiger partial charge in [0, 0.05) is 26.1 Å². The summed E-state index contributed by atoms with van der Waals surface area (Å²) >= 11 is 0. The van der Waals surface area contributed by atoms with E-state index in [0.29, 0.717) is 18.9 Å². The van der Waals surface area contributed by atoms with Gasteiger partial charge in [-0.3, -0.25) is 0 Å². The summed E-state index contributed by atoms with van der Waals surface area (Å²) in [7, 11) is 0. The number of hydrogen-bond acceptors (Lipinski definition) is 1. The van der Waals surface area contributed by atoms with Crippen LogP contribution < -0.4 is 5.32 Å². The minimum atomic E-state index is -4.09. The van der Waals surface area contributed by atoms with Crippen molar-refractivity contribution in [2.75, 3.05) is 19.6 Å². The highest BCUT2D eigenvalue weighted by Gasteiger charge is 2.26. The molecule has 0 aromatic heterocycles. The molecule has 0 unspecified atom stereocenters. The second-order valence-electron chi connectivity index (χ2n) is 4.97. The molecule has 0 aromatic rings. The number of rotatable bonds is 4. The number of carbonyl (C=O) groups excluding carboxylic acids is 1. The van der Waals surface area contributed by atoms with Crippen LogP contribution >= 0.6 is 0 Å². The number of piperidine rings is 1. The summed E-state index contributed by atoms with van der Waals surface area (Å²) in [5, 5.41) is 2.67. The summed E-state index contributed by atoms with van der Waals surface area (Å²) in [5.74, 6) is 0.654. The number of unbranched alkanes of at least 4 members (excludes halogenated alkanes) is 1. The van der Waals surface area contributed by atoms with Gasteiger partial charge in [0.05, 0.1) is 0 Å². The van der Waals surface area contributed by atoms with Crippen molar-refractivity contribution < 1.29 is 18.0 Å². The molecule has 3 nitrogen and oxygen atoms in total. The lowest BCUT2D eigenvalue weighted by Gasteiger charge is -2.30. The molecule has 0 saturated carbocycles. The van der Waals surface area contributed by atoms with Gasteiger partial charge in [-0.2, -0.15) is 13.2 Å². The fraction of sp³-hybridized carbons (Fsp3) is 0.917. The van der Waals surface area contributed by atoms with E-state index in [1.807, 2.05) is 0 Å². The Balaban J connectivity index is 2.07. The van der Waals surface area contributed by atoms with Crippen molar-refractivity contribution in [3.05, 3.63) is 0 Å². The zero-order chi connectivity index (χ0) is 13.6. The highest BCUT2D eigenvalue weighted by Crippen LogP contribution is 2.21. The maximum atomic E-state index is 11.9. The van der Waals surface area contributed by atoms with Crippen LogP contribution in [-0.4, -0.2) is 36.7 Å². The number of urea groups is 1. The number of likely N-dealkylation sites (tertiary alicyclic amines) is 1. The molecular formula is C12H21F3N2O. The summed E-state index contributed by atoms with van der Waals surface area (Å²) in [6, 6.07) is -0.145. The van der Waals surface area contributed by atoms with Crippen molar-refractivity contribution in [1.29, 1.82) is 0 Å². The van der Waals surface area contributed by atoms with Gasteiger partial charge in [-0.15, -0.1) is 0 Å². The Morgan fingerprint density at radius 1 is 1.28 bits per heavy atom. The standard InChI is InChI=1S/C12H21F3N2O/c1-10-4-8-17(9-5-10)11(18)16-7-3-2-6-12(13,14)15/h10H,2-9H2,1H3,(H,16,18). The molecule has 0 aromatic carbocycles. The van der Waals surface area contributed by atoms with Gasteiger partial charge in [-0.25, -0.2) is 4.79 Å². The third-order valence-electron chi connectivity index (χ3n) is 3.23. The van der Waals surface area contributed by atoms with Gasteiger partial charge < -0.3 is 10.2 Å². The van der Waals surface area contributed by atoms with Crippen LogP contribution in [0.5, 0.6) is 0 Å². The van der Waals surface area contributed by atoms with Crippen molar-refractivity contribution in [2.24, 2.45) is 5.92 Å². The first kappa shape index (κ1) is 15.1. The van der Waals surface area contributed by atoms with Crippen molar-refractivity contribution in [1.82, 2.24) is 10.2 Å². The number of halogens is 3. The molecule has 0 aliphatic carbocycles. The summed E-state index contributed by atoms with van der Waals surface area (Å²) < 4.78 is 35.6. The molecule has 1 N–H and O–H groups in total. The molecule has 2 amide bonds. The minimum Gasteiger partial charge on any atom is -0.338 e. The molecule has 1 fully saturated rings. The van der Waals surface area contributed by atoms with Gasteiger partial charge in [0.25, 0.3) is 0 Å². The van der Waals surface area contributed by atoms with E-state index in [2.05, 4.69) is 12.2 Å². The van der Waals surface area contributed by atoms with E-state index in [1.165, 1.54) is 0 Å². The van der Waals surface area contributed by atoms with Gasteiger partial charge in [0.2, 0.25) is 0 Å². The van der Waals surface area contributed by atoms with Gasteiger partial charge >= 0.3 is 12.2 Å². The molecule has 106 valence electrons. The van der Waals surface area contributed by atoms with Gasteiger partial charge in [-0.05, 0) is 31.6 Å². The Kier molecular flexibility index (Phi) is 5.75. The summed E-state index contributed by atoms with van der Waals surface area (Å²) in [6.07, 6.45) is -2.42. The Morgan fingerprint density at radius 3 is 2.44 bits per heavy atom. The van der Waals surface area contributed by atoms with Crippen LogP contribution in [0, 0.1) is 5.92 Å². The van der Waals surface area contributed by atoms with Crippen molar-refractivity contribution in [3.63, 3.8) is 0 Å². The monoisotopic (exact) mass is 266 g/mol. The van der Waals surface area contributed by atoms with Crippen LogP contribution in [0.4, 0.5) is 18.0 Å². The molecule has 6 heteroatoms. The quantitative estimate of drug-likeness (QED) is 0.779. The summed E-state index contributed by atoms with van der Waals surface area (Å²) in [4.78, 5) is 13.4. The highest BCUT2D eigenvalue weighted by molar-refractivity contribution is 5.74. The third-order valence-corrected chi connectivity index (χ3v) is 3.23. The molecule has 0 spiro atoms. The molecule has 1 rings (SSSR count). The second kappa shape index (κ2) is 6.85. The van der Waals surface area contributed by atoms with Crippen LogP contribution in [0.2, 0.25) is 0 Å². The molecule has 1 aliphatic rings. The van der Waals surface area contributed by atoms with Crippen molar-refractivity contribution >= 4 is 6.03 Å². The lowest BCUT2D eigenvalue weighted by Crippen LogP contribution is -2.44. The number of carbonyl (C=O) groups is 1. The molecule has 1 heterocycles. The number of amides is 2. The fourth-order valence-corrected chi connectivity index (χ4v) is 1.97. The smallest absolute Gasteiger partial charge is 0.338 e. The second-order valence-corrected chi connectivity index (χ2v) is 4.97. The third kappa shape index (κ3) is 6.12. The summed E-state index contributed by atoms with van der Waals surface area (Å²) in [5.41, 5.74) is 0.